The molecule has 0 amide bonds. The smallest absolute Gasteiger partial charge is 0.350 e. The van der Waals surface area contributed by atoms with Gasteiger partial charge in [0.25, 0.3) is 0 Å². The molecule has 0 radical (unpaired) electrons. The molecule has 0 spiro atoms. The van der Waals surface area contributed by atoms with Crippen LogP contribution < -0.4 is 5.69 Å². The normalized spacial score (nSPS) is 26.2. The number of nitrogens with zero attached hydrogens (tertiary/aromatic N) is 4. The third kappa shape index (κ3) is 2.46. The van der Waals surface area contributed by atoms with Gasteiger partial charge < -0.3 is 4.74 Å². The average Bonchev–Trinajstić information content (AvgIpc) is 2.89. The lowest BCUT2D eigenvalue weighted by Crippen LogP contribution is -2.53. The predicted molar refractivity (Wildman–Crippen MR) is 83.0 cm³/mol. The Balaban J connectivity index is 1.49. The summed E-state index contributed by atoms with van der Waals surface area (Å²) < 4.78 is 9.09. The van der Waals surface area contributed by atoms with Gasteiger partial charge in [-0.1, -0.05) is 18.9 Å². The van der Waals surface area contributed by atoms with Gasteiger partial charge in [-0.2, -0.15) is 0 Å². The van der Waals surface area contributed by atoms with Crippen molar-refractivity contribution in [1.29, 1.82) is 0 Å². The number of fused-ring (bicyclic) bond motifs is 2. The Morgan fingerprint density at radius 1 is 1.23 bits per heavy atom. The van der Waals surface area contributed by atoms with Crippen molar-refractivity contribution in [2.45, 2.75) is 44.4 Å². The monoisotopic (exact) mass is 302 g/mol. The van der Waals surface area contributed by atoms with Crippen LogP contribution in [-0.4, -0.2) is 50.9 Å². The Hall–Kier alpha value is -1.66. The molecule has 6 nitrogen and oxygen atoms in total. The van der Waals surface area contributed by atoms with Gasteiger partial charge in [-0.05, 0) is 25.0 Å². The lowest BCUT2D eigenvalue weighted by molar-refractivity contribution is -0.0889. The standard InChI is InChI=1S/C16H22N4O2/c21-16-19-8-4-3-7-15(19)17-20(16)10-9-18-11-12-22-14-6-2-1-5-13(14)18/h3-4,7-8,13-14H,1-2,5-6,9-12H2/t13-,14-/m0/s1. The molecule has 4 rings (SSSR count). The zero-order valence-electron chi connectivity index (χ0n) is 12.7. The van der Waals surface area contributed by atoms with Crippen LogP contribution in [0.2, 0.25) is 0 Å². The highest BCUT2D eigenvalue weighted by atomic mass is 16.5. The minimum atomic E-state index is -0.0518. The van der Waals surface area contributed by atoms with E-state index >= 15 is 0 Å². The van der Waals surface area contributed by atoms with E-state index in [1.807, 2.05) is 18.2 Å². The largest absolute Gasteiger partial charge is 0.375 e. The van der Waals surface area contributed by atoms with E-state index in [0.29, 0.717) is 24.3 Å². The Morgan fingerprint density at radius 3 is 3.05 bits per heavy atom. The van der Waals surface area contributed by atoms with Gasteiger partial charge >= 0.3 is 5.69 Å². The molecule has 0 bridgehead atoms. The van der Waals surface area contributed by atoms with E-state index in [4.69, 9.17) is 4.74 Å². The fraction of sp³-hybridized carbons (Fsp3) is 0.625. The van der Waals surface area contributed by atoms with E-state index in [1.165, 1.54) is 25.7 Å². The Bertz CT molecular complexity index is 705. The summed E-state index contributed by atoms with van der Waals surface area (Å²) in [5.41, 5.74) is 0.661. The van der Waals surface area contributed by atoms with Crippen LogP contribution in [0.1, 0.15) is 25.7 Å². The fourth-order valence-corrected chi connectivity index (χ4v) is 3.79. The molecular weight excluding hydrogens is 280 g/mol. The third-order valence-corrected chi connectivity index (χ3v) is 4.93. The molecule has 2 aromatic rings. The van der Waals surface area contributed by atoms with Crippen LogP contribution in [-0.2, 0) is 11.3 Å². The van der Waals surface area contributed by atoms with Crippen molar-refractivity contribution < 1.29 is 4.74 Å². The molecule has 1 aliphatic heterocycles. The zero-order valence-corrected chi connectivity index (χ0v) is 12.7. The van der Waals surface area contributed by atoms with Crippen molar-refractivity contribution in [2.75, 3.05) is 19.7 Å². The maximum absolute atomic E-state index is 12.3. The number of hydrogen-bond donors (Lipinski definition) is 0. The van der Waals surface area contributed by atoms with Crippen molar-refractivity contribution in [3.05, 3.63) is 34.9 Å². The van der Waals surface area contributed by atoms with Crippen molar-refractivity contribution in [2.24, 2.45) is 0 Å². The van der Waals surface area contributed by atoms with E-state index in [-0.39, 0.29) is 5.69 Å². The van der Waals surface area contributed by atoms with Crippen molar-refractivity contribution in [3.63, 3.8) is 0 Å². The molecule has 1 saturated heterocycles. The van der Waals surface area contributed by atoms with Crippen LogP contribution in [0.4, 0.5) is 0 Å². The number of rotatable bonds is 3. The summed E-state index contributed by atoms with van der Waals surface area (Å²) in [6.07, 6.45) is 7.11. The predicted octanol–water partition coefficient (Wildman–Crippen LogP) is 1.14. The van der Waals surface area contributed by atoms with Gasteiger partial charge in [0.2, 0.25) is 0 Å². The summed E-state index contributed by atoms with van der Waals surface area (Å²) in [7, 11) is 0. The molecule has 3 heterocycles. The van der Waals surface area contributed by atoms with Gasteiger partial charge in [0.1, 0.15) is 0 Å². The second kappa shape index (κ2) is 5.85. The average molecular weight is 302 g/mol. The summed E-state index contributed by atoms with van der Waals surface area (Å²) in [6, 6.07) is 6.15. The van der Waals surface area contributed by atoms with E-state index in [9.17, 15) is 4.79 Å². The van der Waals surface area contributed by atoms with E-state index in [1.54, 1.807) is 15.3 Å². The van der Waals surface area contributed by atoms with Gasteiger partial charge in [-0.3, -0.25) is 9.30 Å². The number of morpholine rings is 1. The second-order valence-corrected chi connectivity index (χ2v) is 6.23. The Kier molecular flexibility index (Phi) is 3.72. The molecule has 1 aliphatic carbocycles. The maximum Gasteiger partial charge on any atom is 0.350 e. The summed E-state index contributed by atoms with van der Waals surface area (Å²) in [4.78, 5) is 14.8. The Morgan fingerprint density at radius 2 is 2.14 bits per heavy atom. The number of pyridine rings is 1. The lowest BCUT2D eigenvalue weighted by atomic mass is 9.90. The molecule has 22 heavy (non-hydrogen) atoms. The molecule has 6 heteroatoms. The SMILES string of the molecule is O=c1n(CCN2CCO[C@H]3CCCC[C@@H]32)nc2ccccn12. The van der Waals surface area contributed by atoms with Gasteiger partial charge in [0, 0.05) is 25.3 Å². The third-order valence-electron chi connectivity index (χ3n) is 4.93. The van der Waals surface area contributed by atoms with Crippen LogP contribution >= 0.6 is 0 Å². The van der Waals surface area contributed by atoms with Crippen LogP contribution in [0, 0.1) is 0 Å². The maximum atomic E-state index is 12.3. The molecule has 2 aliphatic rings. The van der Waals surface area contributed by atoms with E-state index in [2.05, 4.69) is 10.00 Å². The van der Waals surface area contributed by atoms with Gasteiger partial charge in [-0.25, -0.2) is 9.48 Å². The number of hydrogen-bond acceptors (Lipinski definition) is 4. The molecule has 2 atom stereocenters. The quantitative estimate of drug-likeness (QED) is 0.853. The summed E-state index contributed by atoms with van der Waals surface area (Å²) in [6.45, 7) is 3.28. The van der Waals surface area contributed by atoms with Gasteiger partial charge in [0.05, 0.1) is 19.3 Å². The highest BCUT2D eigenvalue weighted by Gasteiger charge is 2.33. The molecule has 0 N–H and O–H groups in total. The Labute approximate surface area is 129 Å². The molecule has 0 unspecified atom stereocenters. The second-order valence-electron chi connectivity index (χ2n) is 6.23. The topological polar surface area (TPSA) is 51.8 Å². The molecule has 2 fully saturated rings. The van der Waals surface area contributed by atoms with Crippen molar-refractivity contribution in [3.8, 4) is 0 Å². The highest BCUT2D eigenvalue weighted by molar-refractivity contribution is 5.35. The van der Waals surface area contributed by atoms with Crippen LogP contribution in [0.3, 0.4) is 0 Å². The van der Waals surface area contributed by atoms with Gasteiger partial charge in [0.15, 0.2) is 5.65 Å². The first-order chi connectivity index (χ1) is 10.8. The molecular formula is C16H22N4O2. The summed E-state index contributed by atoms with van der Waals surface area (Å²) in [5.74, 6) is 0. The zero-order chi connectivity index (χ0) is 14.9. The van der Waals surface area contributed by atoms with Crippen molar-refractivity contribution >= 4 is 5.65 Å². The van der Waals surface area contributed by atoms with Gasteiger partial charge in [-0.15, -0.1) is 5.10 Å². The first-order valence-corrected chi connectivity index (χ1v) is 8.23. The van der Waals surface area contributed by atoms with Crippen molar-refractivity contribution in [1.82, 2.24) is 19.1 Å². The minimum Gasteiger partial charge on any atom is -0.375 e. The van der Waals surface area contributed by atoms with Crippen LogP contribution in [0.25, 0.3) is 5.65 Å². The van der Waals surface area contributed by atoms with Crippen LogP contribution in [0.5, 0.6) is 0 Å². The first-order valence-electron chi connectivity index (χ1n) is 8.23. The lowest BCUT2D eigenvalue weighted by Gasteiger charge is -2.43. The van der Waals surface area contributed by atoms with E-state index in [0.717, 1.165) is 19.7 Å². The van der Waals surface area contributed by atoms with E-state index < -0.39 is 0 Å². The first kappa shape index (κ1) is 14.0. The highest BCUT2D eigenvalue weighted by Crippen LogP contribution is 2.28. The molecule has 118 valence electrons. The fourth-order valence-electron chi connectivity index (χ4n) is 3.79. The number of ether oxygens (including phenoxy) is 1. The summed E-state index contributed by atoms with van der Waals surface area (Å²) >= 11 is 0. The summed E-state index contributed by atoms with van der Waals surface area (Å²) in [5, 5.41) is 4.41. The molecule has 0 aromatic carbocycles. The minimum absolute atomic E-state index is 0.0518. The number of aromatic nitrogens is 3. The molecule has 1 saturated carbocycles. The molecule has 2 aromatic heterocycles. The van der Waals surface area contributed by atoms with Crippen LogP contribution in [0.15, 0.2) is 29.2 Å².